The minimum Gasteiger partial charge on any atom is -0.469 e. The maximum absolute atomic E-state index is 12.3. The normalized spacial score (nSPS) is 10.4. The molecule has 8 heteroatoms. The molecule has 0 saturated heterocycles. The molecule has 0 spiro atoms. The molecule has 0 aliphatic rings. The van der Waals surface area contributed by atoms with E-state index in [2.05, 4.69) is 20.0 Å². The number of anilines is 1. The van der Waals surface area contributed by atoms with E-state index in [1.54, 1.807) is 12.1 Å². The lowest BCUT2D eigenvalue weighted by molar-refractivity contribution is -0.139. The standard InChI is InChI=1S/C21H19N3O4S/c1-28-19(26)12-17-11-18(25)24-21(23-17)29-13-14-7-9-15(10-8-14)20(27)22-16-5-3-2-4-6-16/h2-11H,12-13H2,1H3,(H,22,27)(H,23,24,25). The predicted octanol–water partition coefficient (Wildman–Crippen LogP) is 3.03. The number of nitrogens with zero attached hydrogens (tertiary/aromatic N) is 1. The molecule has 3 aromatic rings. The number of carbonyl (C=O) groups is 2. The first-order valence-electron chi connectivity index (χ1n) is 8.78. The smallest absolute Gasteiger partial charge is 0.311 e. The fourth-order valence-electron chi connectivity index (χ4n) is 2.49. The van der Waals surface area contributed by atoms with Gasteiger partial charge in [-0.2, -0.15) is 0 Å². The average molecular weight is 409 g/mol. The monoisotopic (exact) mass is 409 g/mol. The van der Waals surface area contributed by atoms with Gasteiger partial charge in [0.2, 0.25) is 0 Å². The fourth-order valence-corrected chi connectivity index (χ4v) is 3.34. The Hall–Kier alpha value is -3.39. The van der Waals surface area contributed by atoms with Crippen LogP contribution in [0.2, 0.25) is 0 Å². The fraction of sp³-hybridized carbons (Fsp3) is 0.143. The number of ether oxygens (including phenoxy) is 1. The van der Waals surface area contributed by atoms with Crippen LogP contribution < -0.4 is 10.9 Å². The van der Waals surface area contributed by atoms with Gasteiger partial charge in [-0.3, -0.25) is 14.4 Å². The molecule has 0 aliphatic carbocycles. The highest BCUT2D eigenvalue weighted by Gasteiger charge is 2.09. The quantitative estimate of drug-likeness (QED) is 0.353. The van der Waals surface area contributed by atoms with E-state index in [-0.39, 0.29) is 17.9 Å². The van der Waals surface area contributed by atoms with Crippen molar-refractivity contribution in [1.29, 1.82) is 0 Å². The highest BCUT2D eigenvalue weighted by molar-refractivity contribution is 7.98. The zero-order chi connectivity index (χ0) is 20.6. The minimum atomic E-state index is -0.455. The number of aromatic amines is 1. The lowest BCUT2D eigenvalue weighted by Crippen LogP contribution is -2.14. The van der Waals surface area contributed by atoms with E-state index in [4.69, 9.17) is 0 Å². The Balaban J connectivity index is 1.61. The van der Waals surface area contributed by atoms with Gasteiger partial charge < -0.3 is 15.0 Å². The lowest BCUT2D eigenvalue weighted by atomic mass is 10.1. The van der Waals surface area contributed by atoms with E-state index in [1.807, 2.05) is 42.5 Å². The summed E-state index contributed by atoms with van der Waals surface area (Å²) in [5.41, 5.74) is 2.28. The second-order valence-corrected chi connectivity index (χ2v) is 7.06. The Bertz CT molecular complexity index is 1050. The lowest BCUT2D eigenvalue weighted by Gasteiger charge is -2.07. The summed E-state index contributed by atoms with van der Waals surface area (Å²) in [7, 11) is 1.29. The number of carbonyl (C=O) groups excluding carboxylic acids is 2. The van der Waals surface area contributed by atoms with Crippen LogP contribution in [0, 0.1) is 0 Å². The Kier molecular flexibility index (Phi) is 6.80. The highest BCUT2D eigenvalue weighted by atomic mass is 32.2. The van der Waals surface area contributed by atoms with Crippen molar-refractivity contribution < 1.29 is 14.3 Å². The Morgan fingerprint density at radius 2 is 1.83 bits per heavy atom. The highest BCUT2D eigenvalue weighted by Crippen LogP contribution is 2.19. The van der Waals surface area contributed by atoms with Crippen LogP contribution in [0.4, 0.5) is 5.69 Å². The number of hydrogen-bond donors (Lipinski definition) is 2. The van der Waals surface area contributed by atoms with E-state index in [0.717, 1.165) is 11.3 Å². The summed E-state index contributed by atoms with van der Waals surface area (Å²) in [6, 6.07) is 17.7. The molecule has 2 aromatic carbocycles. The Labute approximate surface area is 171 Å². The van der Waals surface area contributed by atoms with E-state index in [9.17, 15) is 14.4 Å². The number of hydrogen-bond acceptors (Lipinski definition) is 6. The van der Waals surface area contributed by atoms with Crippen molar-refractivity contribution in [2.45, 2.75) is 17.3 Å². The molecule has 0 saturated carbocycles. The molecule has 0 aliphatic heterocycles. The van der Waals surface area contributed by atoms with Gasteiger partial charge >= 0.3 is 5.97 Å². The van der Waals surface area contributed by atoms with Gasteiger partial charge in [-0.05, 0) is 29.8 Å². The van der Waals surface area contributed by atoms with Crippen LogP contribution in [0.25, 0.3) is 0 Å². The molecule has 0 unspecified atom stereocenters. The molecule has 148 valence electrons. The van der Waals surface area contributed by atoms with Gasteiger partial charge in [-0.1, -0.05) is 42.1 Å². The second-order valence-electron chi connectivity index (χ2n) is 6.10. The molecule has 0 atom stereocenters. The van der Waals surface area contributed by atoms with Gasteiger partial charge in [-0.15, -0.1) is 0 Å². The molecule has 0 bridgehead atoms. The number of thioether (sulfide) groups is 1. The first-order valence-corrected chi connectivity index (χ1v) is 9.77. The minimum absolute atomic E-state index is 0.0563. The summed E-state index contributed by atoms with van der Waals surface area (Å²) in [5, 5.41) is 3.26. The molecular weight excluding hydrogens is 390 g/mol. The van der Waals surface area contributed by atoms with Crippen LogP contribution in [-0.2, 0) is 21.7 Å². The van der Waals surface area contributed by atoms with Crippen LogP contribution >= 0.6 is 11.8 Å². The molecule has 2 N–H and O–H groups in total. The van der Waals surface area contributed by atoms with Crippen LogP contribution in [0.3, 0.4) is 0 Å². The number of benzene rings is 2. The molecule has 1 heterocycles. The average Bonchev–Trinajstić information content (AvgIpc) is 2.73. The first-order chi connectivity index (χ1) is 14.0. The zero-order valence-corrected chi connectivity index (χ0v) is 16.5. The number of aromatic nitrogens is 2. The summed E-state index contributed by atoms with van der Waals surface area (Å²) in [6.07, 6.45) is -0.0563. The largest absolute Gasteiger partial charge is 0.469 e. The van der Waals surface area contributed by atoms with Gasteiger partial charge in [0, 0.05) is 23.1 Å². The summed E-state index contributed by atoms with van der Waals surface area (Å²) in [5.74, 6) is -0.0918. The van der Waals surface area contributed by atoms with Crippen molar-refractivity contribution in [2.24, 2.45) is 0 Å². The molecular formula is C21H19N3O4S. The van der Waals surface area contributed by atoms with Crippen molar-refractivity contribution >= 4 is 29.3 Å². The number of amides is 1. The zero-order valence-electron chi connectivity index (χ0n) is 15.7. The molecule has 1 amide bonds. The van der Waals surface area contributed by atoms with Crippen molar-refractivity contribution in [3.63, 3.8) is 0 Å². The van der Waals surface area contributed by atoms with E-state index < -0.39 is 5.97 Å². The topological polar surface area (TPSA) is 101 Å². The van der Waals surface area contributed by atoms with E-state index in [0.29, 0.717) is 22.2 Å². The molecule has 0 fully saturated rings. The van der Waals surface area contributed by atoms with Crippen molar-refractivity contribution in [2.75, 3.05) is 12.4 Å². The number of esters is 1. The molecule has 29 heavy (non-hydrogen) atoms. The SMILES string of the molecule is COC(=O)Cc1cc(=O)[nH]c(SCc2ccc(C(=O)Nc3ccccc3)cc2)n1. The molecule has 7 nitrogen and oxygen atoms in total. The number of para-hydroxylation sites is 1. The van der Waals surface area contributed by atoms with Gasteiger partial charge in [0.1, 0.15) is 0 Å². The number of H-pyrrole nitrogens is 1. The van der Waals surface area contributed by atoms with Crippen molar-refractivity contribution in [3.05, 3.63) is 87.8 Å². The second kappa shape index (κ2) is 9.70. The summed E-state index contributed by atoms with van der Waals surface area (Å²) < 4.78 is 4.60. The third kappa shape index (κ3) is 6.05. The van der Waals surface area contributed by atoms with Crippen LogP contribution in [0.1, 0.15) is 21.6 Å². The van der Waals surface area contributed by atoms with E-state index in [1.165, 1.54) is 24.9 Å². The van der Waals surface area contributed by atoms with Gasteiger partial charge in [0.15, 0.2) is 5.16 Å². The van der Waals surface area contributed by atoms with Gasteiger partial charge in [0.25, 0.3) is 11.5 Å². The predicted molar refractivity (Wildman–Crippen MR) is 111 cm³/mol. The van der Waals surface area contributed by atoms with Gasteiger partial charge in [-0.25, -0.2) is 4.98 Å². The Morgan fingerprint density at radius 1 is 1.10 bits per heavy atom. The number of methoxy groups -OCH3 is 1. The van der Waals surface area contributed by atoms with Crippen molar-refractivity contribution in [1.82, 2.24) is 9.97 Å². The summed E-state index contributed by atoms with van der Waals surface area (Å²) in [6.45, 7) is 0. The third-order valence-electron chi connectivity index (χ3n) is 3.95. The summed E-state index contributed by atoms with van der Waals surface area (Å²) >= 11 is 1.33. The number of rotatable bonds is 7. The maximum Gasteiger partial charge on any atom is 0.311 e. The first kappa shape index (κ1) is 20.3. The van der Waals surface area contributed by atoms with E-state index >= 15 is 0 Å². The van der Waals surface area contributed by atoms with Crippen LogP contribution in [-0.4, -0.2) is 29.0 Å². The maximum atomic E-state index is 12.3. The van der Waals surface area contributed by atoms with Crippen molar-refractivity contribution in [3.8, 4) is 0 Å². The third-order valence-corrected chi connectivity index (χ3v) is 4.89. The number of nitrogens with one attached hydrogen (secondary N) is 2. The van der Waals surface area contributed by atoms with Crippen LogP contribution in [0.5, 0.6) is 0 Å². The van der Waals surface area contributed by atoms with Crippen LogP contribution in [0.15, 0.2) is 70.6 Å². The molecule has 1 aromatic heterocycles. The molecule has 3 rings (SSSR count). The van der Waals surface area contributed by atoms with Gasteiger partial charge in [0.05, 0.1) is 19.2 Å². The molecule has 0 radical (unpaired) electrons. The summed E-state index contributed by atoms with van der Waals surface area (Å²) in [4.78, 5) is 42.3. The Morgan fingerprint density at radius 3 is 2.52 bits per heavy atom.